The first-order valence-electron chi connectivity index (χ1n) is 6.06. The summed E-state index contributed by atoms with van der Waals surface area (Å²) < 4.78 is 0. The smallest absolute Gasteiger partial charge is 0.0595 e. The Balaban J connectivity index is 2.08. The Morgan fingerprint density at radius 3 is 2.53 bits per heavy atom. The zero-order chi connectivity index (χ0) is 12.3. The molecular weight excluding hydrogens is 253 g/mol. The van der Waals surface area contributed by atoms with Crippen molar-refractivity contribution in [2.24, 2.45) is 0 Å². The third-order valence-electron chi connectivity index (χ3n) is 3.20. The summed E-state index contributed by atoms with van der Waals surface area (Å²) in [4.78, 5) is 0. The summed E-state index contributed by atoms with van der Waals surface area (Å²) in [7, 11) is 0. The van der Waals surface area contributed by atoms with Crippen LogP contribution in [0.2, 0.25) is 10.0 Å². The fraction of sp³-hybridized carbons (Fsp3) is 0.429. The summed E-state index contributed by atoms with van der Waals surface area (Å²) in [5.74, 6) is 0. The monoisotopic (exact) mass is 269 g/mol. The van der Waals surface area contributed by atoms with Crippen molar-refractivity contribution in [1.29, 1.82) is 0 Å². The summed E-state index contributed by atoms with van der Waals surface area (Å²) in [6, 6.07) is 6.81. The van der Waals surface area contributed by atoms with Gasteiger partial charge in [0.2, 0.25) is 0 Å². The number of halogens is 2. The van der Waals surface area contributed by atoms with Crippen LogP contribution in [0.5, 0.6) is 0 Å². The minimum atomic E-state index is 0.356. The zero-order valence-electron chi connectivity index (χ0n) is 9.92. The van der Waals surface area contributed by atoms with Crippen LogP contribution in [0.4, 0.5) is 0 Å². The summed E-state index contributed by atoms with van der Waals surface area (Å²) in [6.07, 6.45) is 7.77. The topological polar surface area (TPSA) is 12.0 Å². The van der Waals surface area contributed by atoms with Gasteiger partial charge in [0.1, 0.15) is 0 Å². The number of nitrogens with one attached hydrogen (secondary N) is 1. The van der Waals surface area contributed by atoms with Crippen molar-refractivity contribution in [1.82, 2.24) is 5.32 Å². The predicted molar refractivity (Wildman–Crippen MR) is 74.8 cm³/mol. The van der Waals surface area contributed by atoms with E-state index in [2.05, 4.69) is 30.5 Å². The Labute approximate surface area is 113 Å². The van der Waals surface area contributed by atoms with Gasteiger partial charge in [-0.1, -0.05) is 48.3 Å². The second kappa shape index (κ2) is 5.90. The molecule has 1 aliphatic rings. The van der Waals surface area contributed by atoms with Gasteiger partial charge in [0, 0.05) is 12.1 Å². The Bertz CT molecular complexity index is 407. The van der Waals surface area contributed by atoms with E-state index in [0.29, 0.717) is 22.1 Å². The standard InChI is InChI=1S/C14H17Cl2N/c1-2-14(17-11-5-3-4-6-11)10-7-8-12(15)13(16)9-10/h3-4,7-9,11,14,17H,2,5-6H2,1H3. The fourth-order valence-corrected chi connectivity index (χ4v) is 2.52. The summed E-state index contributed by atoms with van der Waals surface area (Å²) in [6.45, 7) is 2.18. The molecule has 0 spiro atoms. The average Bonchev–Trinajstić information content (AvgIpc) is 2.82. The van der Waals surface area contributed by atoms with Crippen molar-refractivity contribution in [3.63, 3.8) is 0 Å². The van der Waals surface area contributed by atoms with Crippen molar-refractivity contribution < 1.29 is 0 Å². The molecule has 1 N–H and O–H groups in total. The van der Waals surface area contributed by atoms with E-state index in [1.54, 1.807) is 0 Å². The Hall–Kier alpha value is -0.500. The lowest BCUT2D eigenvalue weighted by Gasteiger charge is -2.22. The molecule has 0 saturated carbocycles. The van der Waals surface area contributed by atoms with Gasteiger partial charge in [-0.25, -0.2) is 0 Å². The van der Waals surface area contributed by atoms with E-state index in [-0.39, 0.29) is 0 Å². The maximum Gasteiger partial charge on any atom is 0.0595 e. The average molecular weight is 270 g/mol. The maximum atomic E-state index is 6.06. The third kappa shape index (κ3) is 3.25. The molecule has 0 radical (unpaired) electrons. The molecule has 1 aromatic carbocycles. The van der Waals surface area contributed by atoms with Gasteiger partial charge >= 0.3 is 0 Å². The highest BCUT2D eigenvalue weighted by Gasteiger charge is 2.16. The van der Waals surface area contributed by atoms with E-state index >= 15 is 0 Å². The normalized spacial score (nSPS) is 17.6. The van der Waals surface area contributed by atoms with E-state index in [0.717, 1.165) is 19.3 Å². The second-order valence-electron chi connectivity index (χ2n) is 4.44. The van der Waals surface area contributed by atoms with Crippen LogP contribution >= 0.6 is 23.2 Å². The van der Waals surface area contributed by atoms with Crippen LogP contribution in [0.1, 0.15) is 37.8 Å². The molecule has 1 aliphatic carbocycles. The van der Waals surface area contributed by atoms with Gasteiger partial charge in [0.15, 0.2) is 0 Å². The van der Waals surface area contributed by atoms with Crippen LogP contribution in [0, 0.1) is 0 Å². The van der Waals surface area contributed by atoms with Crippen molar-refractivity contribution in [2.75, 3.05) is 0 Å². The van der Waals surface area contributed by atoms with Crippen LogP contribution in [0.15, 0.2) is 30.4 Å². The molecule has 0 fully saturated rings. The molecule has 0 saturated heterocycles. The quantitative estimate of drug-likeness (QED) is 0.778. The molecule has 0 bridgehead atoms. The van der Waals surface area contributed by atoms with E-state index in [4.69, 9.17) is 23.2 Å². The van der Waals surface area contributed by atoms with E-state index in [1.807, 2.05) is 12.1 Å². The first kappa shape index (κ1) is 12.9. The second-order valence-corrected chi connectivity index (χ2v) is 5.26. The van der Waals surface area contributed by atoms with Crippen molar-refractivity contribution in [3.05, 3.63) is 46.0 Å². The molecule has 0 aliphatic heterocycles. The van der Waals surface area contributed by atoms with Gasteiger partial charge < -0.3 is 5.32 Å². The van der Waals surface area contributed by atoms with Gasteiger partial charge in [-0.2, -0.15) is 0 Å². The lowest BCUT2D eigenvalue weighted by Crippen LogP contribution is -2.30. The predicted octanol–water partition coefficient (Wildman–Crippen LogP) is 4.75. The number of benzene rings is 1. The van der Waals surface area contributed by atoms with Gasteiger partial charge in [0.05, 0.1) is 10.0 Å². The van der Waals surface area contributed by atoms with E-state index < -0.39 is 0 Å². The SMILES string of the molecule is CCC(NC1CC=CC1)c1ccc(Cl)c(Cl)c1. The largest absolute Gasteiger partial charge is 0.307 e. The minimum absolute atomic E-state index is 0.356. The summed E-state index contributed by atoms with van der Waals surface area (Å²) in [5.41, 5.74) is 1.22. The lowest BCUT2D eigenvalue weighted by atomic mass is 10.0. The number of hydrogen-bond donors (Lipinski definition) is 1. The van der Waals surface area contributed by atoms with Gasteiger partial charge in [-0.15, -0.1) is 0 Å². The number of hydrogen-bond acceptors (Lipinski definition) is 1. The molecule has 1 unspecified atom stereocenters. The van der Waals surface area contributed by atoms with Gasteiger partial charge in [0.25, 0.3) is 0 Å². The minimum Gasteiger partial charge on any atom is -0.307 e. The highest BCUT2D eigenvalue weighted by Crippen LogP contribution is 2.28. The van der Waals surface area contributed by atoms with Gasteiger partial charge in [-0.3, -0.25) is 0 Å². The van der Waals surface area contributed by atoms with Crippen molar-refractivity contribution in [3.8, 4) is 0 Å². The molecule has 1 nitrogen and oxygen atoms in total. The zero-order valence-corrected chi connectivity index (χ0v) is 11.4. The maximum absolute atomic E-state index is 6.06. The van der Waals surface area contributed by atoms with Crippen LogP contribution in [0.25, 0.3) is 0 Å². The highest BCUT2D eigenvalue weighted by molar-refractivity contribution is 6.42. The van der Waals surface area contributed by atoms with Crippen molar-refractivity contribution in [2.45, 2.75) is 38.3 Å². The Morgan fingerprint density at radius 2 is 1.94 bits per heavy atom. The molecule has 17 heavy (non-hydrogen) atoms. The number of rotatable bonds is 4. The molecular formula is C14H17Cl2N. The summed E-state index contributed by atoms with van der Waals surface area (Å²) in [5, 5.41) is 4.92. The Kier molecular flexibility index (Phi) is 4.49. The molecule has 2 rings (SSSR count). The molecule has 0 heterocycles. The first-order valence-corrected chi connectivity index (χ1v) is 6.82. The van der Waals surface area contributed by atoms with E-state index in [1.165, 1.54) is 5.56 Å². The fourth-order valence-electron chi connectivity index (χ4n) is 2.22. The van der Waals surface area contributed by atoms with E-state index in [9.17, 15) is 0 Å². The first-order chi connectivity index (χ1) is 8.20. The highest BCUT2D eigenvalue weighted by atomic mass is 35.5. The Morgan fingerprint density at radius 1 is 1.24 bits per heavy atom. The van der Waals surface area contributed by atoms with Crippen LogP contribution in [0.3, 0.4) is 0 Å². The molecule has 92 valence electrons. The van der Waals surface area contributed by atoms with Crippen LogP contribution in [-0.2, 0) is 0 Å². The van der Waals surface area contributed by atoms with Crippen LogP contribution < -0.4 is 5.32 Å². The molecule has 0 amide bonds. The van der Waals surface area contributed by atoms with Gasteiger partial charge in [-0.05, 0) is 37.0 Å². The van der Waals surface area contributed by atoms with Crippen LogP contribution in [-0.4, -0.2) is 6.04 Å². The summed E-state index contributed by atoms with van der Waals surface area (Å²) >= 11 is 12.0. The van der Waals surface area contributed by atoms with Crippen molar-refractivity contribution >= 4 is 23.2 Å². The molecule has 0 aromatic heterocycles. The molecule has 1 aromatic rings. The lowest BCUT2D eigenvalue weighted by molar-refractivity contribution is 0.438. The molecule has 1 atom stereocenters. The molecule has 3 heteroatoms. The third-order valence-corrected chi connectivity index (χ3v) is 3.94.